The fourth-order valence-electron chi connectivity index (χ4n) is 2.78. The molecule has 1 unspecified atom stereocenters. The molecule has 1 atom stereocenters. The van der Waals surface area contributed by atoms with Crippen LogP contribution in [-0.2, 0) is 0 Å². The average Bonchev–Trinajstić information content (AvgIpc) is 3.11. The fourth-order valence-corrected chi connectivity index (χ4v) is 2.78. The number of hydrogen-bond acceptors (Lipinski definition) is 2. The Labute approximate surface area is 104 Å². The molecular formula is C15H23NO. The fraction of sp³-hybridized carbons (Fsp3) is 0.600. The zero-order valence-corrected chi connectivity index (χ0v) is 11.3. The Bertz CT molecular complexity index is 421. The van der Waals surface area contributed by atoms with Gasteiger partial charge in [0.05, 0.1) is 6.61 Å². The summed E-state index contributed by atoms with van der Waals surface area (Å²) in [5.41, 5.74) is 5.51. The number of aliphatic hydroxyl groups excluding tert-OH is 1. The first-order chi connectivity index (χ1) is 8.05. The second-order valence-corrected chi connectivity index (χ2v) is 5.46. The molecule has 1 aromatic rings. The molecule has 1 saturated carbocycles. The molecule has 0 bridgehead atoms. The van der Waals surface area contributed by atoms with Crippen LogP contribution in [0.5, 0.6) is 0 Å². The minimum absolute atomic E-state index is 0.0845. The van der Waals surface area contributed by atoms with Gasteiger partial charge in [0.15, 0.2) is 0 Å². The topological polar surface area (TPSA) is 32.3 Å². The Morgan fingerprint density at radius 3 is 2.35 bits per heavy atom. The highest BCUT2D eigenvalue weighted by Gasteiger charge is 2.49. The highest BCUT2D eigenvalue weighted by Crippen LogP contribution is 2.54. The zero-order valence-electron chi connectivity index (χ0n) is 11.3. The number of rotatable bonds is 4. The third-order valence-corrected chi connectivity index (χ3v) is 4.52. The first kappa shape index (κ1) is 12.6. The van der Waals surface area contributed by atoms with E-state index in [1.54, 1.807) is 0 Å². The molecule has 0 amide bonds. The molecule has 0 aliphatic heterocycles. The molecule has 94 valence electrons. The van der Waals surface area contributed by atoms with Crippen LogP contribution < -0.4 is 5.32 Å². The van der Waals surface area contributed by atoms with Crippen molar-refractivity contribution in [2.24, 2.45) is 5.41 Å². The highest BCUT2D eigenvalue weighted by atomic mass is 16.3. The minimum Gasteiger partial charge on any atom is -0.396 e. The lowest BCUT2D eigenvalue weighted by Gasteiger charge is -2.28. The molecule has 2 rings (SSSR count). The third kappa shape index (κ3) is 2.00. The maximum Gasteiger partial charge on any atom is 0.0505 e. The first-order valence-electron chi connectivity index (χ1n) is 6.40. The van der Waals surface area contributed by atoms with Gasteiger partial charge in [0.25, 0.3) is 0 Å². The lowest BCUT2D eigenvalue weighted by Crippen LogP contribution is -2.30. The lowest BCUT2D eigenvalue weighted by molar-refractivity contribution is 0.175. The van der Waals surface area contributed by atoms with Crippen LogP contribution in [0.15, 0.2) is 12.1 Å². The monoisotopic (exact) mass is 233 g/mol. The molecule has 0 aromatic heterocycles. The van der Waals surface area contributed by atoms with Crippen LogP contribution >= 0.6 is 0 Å². The van der Waals surface area contributed by atoms with E-state index in [1.807, 2.05) is 7.05 Å². The van der Waals surface area contributed by atoms with Gasteiger partial charge >= 0.3 is 0 Å². The smallest absolute Gasteiger partial charge is 0.0505 e. The van der Waals surface area contributed by atoms with Crippen LogP contribution in [0, 0.1) is 26.2 Å². The summed E-state index contributed by atoms with van der Waals surface area (Å²) in [5, 5.41) is 13.0. The predicted molar refractivity (Wildman–Crippen MR) is 71.2 cm³/mol. The predicted octanol–water partition coefficient (Wildman–Crippen LogP) is 2.64. The summed E-state index contributed by atoms with van der Waals surface area (Å²) >= 11 is 0. The van der Waals surface area contributed by atoms with Crippen molar-refractivity contribution < 1.29 is 5.11 Å². The standard InChI is InChI=1S/C15H23NO/c1-10-5-6-13(12(3)11(10)2)14(16-4)15(9-17)7-8-15/h5-6,14,16-17H,7-9H2,1-4H3. The largest absolute Gasteiger partial charge is 0.396 e. The maximum atomic E-state index is 9.59. The SMILES string of the molecule is CNC(c1ccc(C)c(C)c1C)C1(CO)CC1. The molecule has 1 aliphatic rings. The van der Waals surface area contributed by atoms with Crippen LogP contribution in [0.25, 0.3) is 0 Å². The second kappa shape index (κ2) is 4.43. The Balaban J connectivity index is 2.42. The van der Waals surface area contributed by atoms with Crippen molar-refractivity contribution in [3.8, 4) is 0 Å². The summed E-state index contributed by atoms with van der Waals surface area (Å²) in [6.45, 7) is 6.80. The normalized spacial score (nSPS) is 19.1. The number of benzene rings is 1. The van der Waals surface area contributed by atoms with E-state index in [1.165, 1.54) is 22.3 Å². The molecule has 1 fully saturated rings. The maximum absolute atomic E-state index is 9.59. The van der Waals surface area contributed by atoms with Crippen molar-refractivity contribution in [3.63, 3.8) is 0 Å². The van der Waals surface area contributed by atoms with Crippen LogP contribution in [-0.4, -0.2) is 18.8 Å². The molecule has 2 N–H and O–H groups in total. The number of aliphatic hydroxyl groups is 1. The van der Waals surface area contributed by atoms with E-state index in [2.05, 4.69) is 38.2 Å². The third-order valence-electron chi connectivity index (χ3n) is 4.52. The van der Waals surface area contributed by atoms with E-state index in [0.717, 1.165) is 12.8 Å². The molecule has 0 heterocycles. The van der Waals surface area contributed by atoms with Gasteiger partial charge in [-0.15, -0.1) is 0 Å². The summed E-state index contributed by atoms with van der Waals surface area (Å²) in [7, 11) is 2.00. The summed E-state index contributed by atoms with van der Waals surface area (Å²) in [5.74, 6) is 0. The Hall–Kier alpha value is -0.860. The molecule has 0 spiro atoms. The molecule has 2 nitrogen and oxygen atoms in total. The lowest BCUT2D eigenvalue weighted by atomic mass is 9.86. The van der Waals surface area contributed by atoms with Gasteiger partial charge in [-0.05, 0) is 62.9 Å². The van der Waals surface area contributed by atoms with E-state index in [0.29, 0.717) is 0 Å². The molecule has 1 aromatic carbocycles. The number of hydrogen-bond donors (Lipinski definition) is 2. The van der Waals surface area contributed by atoms with Gasteiger partial charge in [-0.3, -0.25) is 0 Å². The molecule has 0 radical (unpaired) electrons. The summed E-state index contributed by atoms with van der Waals surface area (Å²) < 4.78 is 0. The van der Waals surface area contributed by atoms with Gasteiger partial charge in [0, 0.05) is 11.5 Å². The Kier molecular flexibility index (Phi) is 3.28. The Morgan fingerprint density at radius 1 is 1.24 bits per heavy atom. The number of nitrogens with one attached hydrogen (secondary N) is 1. The summed E-state index contributed by atoms with van der Waals surface area (Å²) in [6.07, 6.45) is 2.25. The first-order valence-corrected chi connectivity index (χ1v) is 6.40. The van der Waals surface area contributed by atoms with Gasteiger partial charge in [-0.25, -0.2) is 0 Å². The van der Waals surface area contributed by atoms with Crippen LogP contribution in [0.4, 0.5) is 0 Å². The molecule has 2 heteroatoms. The van der Waals surface area contributed by atoms with E-state index in [9.17, 15) is 5.11 Å². The second-order valence-electron chi connectivity index (χ2n) is 5.46. The van der Waals surface area contributed by atoms with Crippen LogP contribution in [0.2, 0.25) is 0 Å². The van der Waals surface area contributed by atoms with Crippen molar-refractivity contribution in [2.75, 3.05) is 13.7 Å². The molecule has 17 heavy (non-hydrogen) atoms. The van der Waals surface area contributed by atoms with Crippen molar-refractivity contribution in [2.45, 2.75) is 39.7 Å². The average molecular weight is 233 g/mol. The van der Waals surface area contributed by atoms with E-state index in [4.69, 9.17) is 0 Å². The quantitative estimate of drug-likeness (QED) is 0.838. The van der Waals surface area contributed by atoms with Crippen LogP contribution in [0.3, 0.4) is 0 Å². The van der Waals surface area contributed by atoms with Crippen molar-refractivity contribution >= 4 is 0 Å². The van der Waals surface area contributed by atoms with Crippen molar-refractivity contribution in [1.29, 1.82) is 0 Å². The van der Waals surface area contributed by atoms with Gasteiger partial charge in [-0.1, -0.05) is 12.1 Å². The van der Waals surface area contributed by atoms with Gasteiger partial charge in [0.2, 0.25) is 0 Å². The Morgan fingerprint density at radius 2 is 1.88 bits per heavy atom. The molecular weight excluding hydrogens is 210 g/mol. The summed E-state index contributed by atoms with van der Waals surface area (Å²) in [4.78, 5) is 0. The molecule has 0 saturated heterocycles. The zero-order chi connectivity index (χ0) is 12.6. The van der Waals surface area contributed by atoms with E-state index < -0.39 is 0 Å². The van der Waals surface area contributed by atoms with Crippen molar-refractivity contribution in [1.82, 2.24) is 5.32 Å². The van der Waals surface area contributed by atoms with Crippen molar-refractivity contribution in [3.05, 3.63) is 34.4 Å². The van der Waals surface area contributed by atoms with E-state index in [-0.39, 0.29) is 18.1 Å². The van der Waals surface area contributed by atoms with Gasteiger partial charge in [0.1, 0.15) is 0 Å². The van der Waals surface area contributed by atoms with Gasteiger partial charge < -0.3 is 10.4 Å². The van der Waals surface area contributed by atoms with Crippen LogP contribution in [0.1, 0.15) is 41.1 Å². The summed E-state index contributed by atoms with van der Waals surface area (Å²) in [6, 6.07) is 4.69. The number of aryl methyl sites for hydroxylation is 1. The van der Waals surface area contributed by atoms with E-state index >= 15 is 0 Å². The molecule has 1 aliphatic carbocycles. The van der Waals surface area contributed by atoms with Gasteiger partial charge in [-0.2, -0.15) is 0 Å². The highest BCUT2D eigenvalue weighted by molar-refractivity contribution is 5.41. The minimum atomic E-state index is 0.0845.